The van der Waals surface area contributed by atoms with E-state index in [1.54, 1.807) is 0 Å². The third kappa shape index (κ3) is 2.52. The zero-order valence-corrected chi connectivity index (χ0v) is 4.59. The smallest absolute Gasteiger partial charge is 0.220 e. The maximum atomic E-state index is 10.1. The van der Waals surface area contributed by atoms with Crippen LogP contribution in [0.4, 0.5) is 0 Å². The molecule has 1 N–H and O–H groups in total. The summed E-state index contributed by atoms with van der Waals surface area (Å²) >= 11 is 0. The second kappa shape index (κ2) is 3.70. The normalized spacial score (nSPS) is 18.0. The fraction of sp³-hybridized carbons (Fsp3) is 0.750. The van der Waals surface area contributed by atoms with Crippen LogP contribution in [0.1, 0.15) is 12.8 Å². The number of carbonyl (C=O) groups is 1. The average Bonchev–Trinajstić information content (AvgIpc) is 1.86. The summed E-state index contributed by atoms with van der Waals surface area (Å²) in [5.41, 5.74) is 0. The van der Waals surface area contributed by atoms with Gasteiger partial charge in [-0.2, -0.15) is 0 Å². The van der Waals surface area contributed by atoms with Crippen LogP contribution < -0.4 is 5.32 Å². The van der Waals surface area contributed by atoms with Crippen LogP contribution in [0.3, 0.4) is 0 Å². The molecule has 7 heavy (non-hydrogen) atoms. The maximum absolute atomic E-state index is 10.1. The molecule has 42 valence electrons. The van der Waals surface area contributed by atoms with Gasteiger partial charge in [-0.3, -0.25) is 4.79 Å². The molecular formula is C4H7ArNO. The minimum absolute atomic E-state index is 0. The molecule has 0 spiro atoms. The quantitative estimate of drug-likeness (QED) is 0.481. The van der Waals surface area contributed by atoms with Gasteiger partial charge in [0.25, 0.3) is 0 Å². The van der Waals surface area contributed by atoms with E-state index >= 15 is 0 Å². The van der Waals surface area contributed by atoms with Crippen LogP contribution in [-0.2, 0) is 4.79 Å². The van der Waals surface area contributed by atoms with Gasteiger partial charge in [-0.25, -0.2) is 0 Å². The second-order valence-electron chi connectivity index (χ2n) is 1.45. The molecule has 1 amide bonds. The first-order valence-electron chi connectivity index (χ1n) is 2.16. The topological polar surface area (TPSA) is 29.1 Å². The van der Waals surface area contributed by atoms with E-state index in [0.29, 0.717) is 0 Å². The van der Waals surface area contributed by atoms with E-state index in [9.17, 15) is 4.79 Å². The molecule has 2 nitrogen and oxygen atoms in total. The standard InChI is InChI=1S/C4H7NO.Ar/c6-4-2-1-3-5-4;/h1-3H2,(H,5,6);. The fourth-order valence-corrected chi connectivity index (χ4v) is 0.565. The molecule has 1 heterocycles. The molecule has 1 aliphatic rings. The van der Waals surface area contributed by atoms with E-state index in [1.807, 2.05) is 0 Å². The van der Waals surface area contributed by atoms with Crippen molar-refractivity contribution in [2.75, 3.05) is 6.54 Å². The van der Waals surface area contributed by atoms with Crippen LogP contribution in [0.25, 0.3) is 0 Å². The zero-order chi connectivity index (χ0) is 4.41. The summed E-state index contributed by atoms with van der Waals surface area (Å²) in [6, 6.07) is 0. The molecule has 0 aromatic heterocycles. The molecule has 0 aliphatic carbocycles. The van der Waals surface area contributed by atoms with Gasteiger partial charge in [0, 0.05) is 50.7 Å². The zero-order valence-electron chi connectivity index (χ0n) is 3.88. The molecule has 0 radical (unpaired) electrons. The molecule has 0 saturated carbocycles. The predicted molar refractivity (Wildman–Crippen MR) is 22.2 cm³/mol. The first kappa shape index (κ1) is 7.73. The number of hydrogen-bond acceptors (Lipinski definition) is 1. The van der Waals surface area contributed by atoms with Crippen molar-refractivity contribution in [2.24, 2.45) is 0 Å². The van der Waals surface area contributed by atoms with Crippen molar-refractivity contribution in [3.63, 3.8) is 0 Å². The van der Waals surface area contributed by atoms with Gasteiger partial charge in [-0.1, -0.05) is 0 Å². The minimum Gasteiger partial charge on any atom is -0.356 e. The largest absolute Gasteiger partial charge is 0.356 e. The van der Waals surface area contributed by atoms with Crippen molar-refractivity contribution in [2.45, 2.75) is 12.8 Å². The van der Waals surface area contributed by atoms with Gasteiger partial charge in [0.15, 0.2) is 0 Å². The Balaban J connectivity index is 0.000000360. The van der Waals surface area contributed by atoms with Crippen LogP contribution >= 0.6 is 0 Å². The van der Waals surface area contributed by atoms with Crippen molar-refractivity contribution in [3.05, 3.63) is 0 Å². The Kier molecular flexibility index (Phi) is 4.08. The summed E-state index contributed by atoms with van der Waals surface area (Å²) in [6.45, 7) is 0.888. The number of rotatable bonds is 0. The van der Waals surface area contributed by atoms with E-state index in [2.05, 4.69) is 5.32 Å². The second-order valence-corrected chi connectivity index (χ2v) is 1.45. The van der Waals surface area contributed by atoms with Crippen LogP contribution in [0.5, 0.6) is 0 Å². The van der Waals surface area contributed by atoms with Crippen molar-refractivity contribution in [3.8, 4) is 0 Å². The first-order valence-corrected chi connectivity index (χ1v) is 2.16. The first-order chi connectivity index (χ1) is 2.89. The summed E-state index contributed by atoms with van der Waals surface area (Å²) in [6.07, 6.45) is 1.76. The molecule has 0 bridgehead atoms. The van der Waals surface area contributed by atoms with Crippen LogP contribution in [0.2, 0.25) is 0 Å². The van der Waals surface area contributed by atoms with Gasteiger partial charge in [0.1, 0.15) is 0 Å². The summed E-state index contributed by atoms with van der Waals surface area (Å²) in [4.78, 5) is 10.1. The fourth-order valence-electron chi connectivity index (χ4n) is 0.565. The van der Waals surface area contributed by atoms with Crippen LogP contribution in [0, 0.1) is 37.7 Å². The summed E-state index contributed by atoms with van der Waals surface area (Å²) in [5.74, 6) is 0.204. The average molecular weight is 125 g/mol. The Labute approximate surface area is 72.7 Å². The van der Waals surface area contributed by atoms with E-state index < -0.39 is 0 Å². The molecule has 3 heteroatoms. The Bertz CT molecular complexity index is 66.1. The number of carbonyl (C=O) groups excluding carboxylic acids is 1. The maximum Gasteiger partial charge on any atom is 0.220 e. The van der Waals surface area contributed by atoms with E-state index in [1.165, 1.54) is 0 Å². The van der Waals surface area contributed by atoms with Gasteiger partial charge in [-0.15, -0.1) is 0 Å². The Morgan fingerprint density at radius 1 is 1.57 bits per heavy atom. The molecule has 1 fully saturated rings. The number of amides is 1. The molecule has 0 atom stereocenters. The van der Waals surface area contributed by atoms with Gasteiger partial charge >= 0.3 is 0 Å². The molecule has 0 aromatic rings. The predicted octanol–water partition coefficient (Wildman–Crippen LogP) is -0.104. The summed E-state index contributed by atoms with van der Waals surface area (Å²) < 4.78 is 0. The molecule has 1 saturated heterocycles. The monoisotopic (exact) mass is 125 g/mol. The molecule has 0 unspecified atom stereocenters. The minimum atomic E-state index is 0. The molecular weight excluding hydrogens is 118 g/mol. The number of nitrogens with one attached hydrogen (secondary N) is 1. The Hall–Kier alpha value is 0.730. The Morgan fingerprint density at radius 2 is 2.29 bits per heavy atom. The summed E-state index contributed by atoms with van der Waals surface area (Å²) in [7, 11) is 0. The van der Waals surface area contributed by atoms with Crippen LogP contribution in [0.15, 0.2) is 0 Å². The third-order valence-electron chi connectivity index (χ3n) is 0.903. The van der Waals surface area contributed by atoms with Gasteiger partial charge in [-0.05, 0) is 6.42 Å². The number of hydrogen-bond donors (Lipinski definition) is 1. The van der Waals surface area contributed by atoms with Crippen molar-refractivity contribution >= 4 is 5.91 Å². The van der Waals surface area contributed by atoms with Gasteiger partial charge in [0.05, 0.1) is 0 Å². The van der Waals surface area contributed by atoms with Crippen LogP contribution in [-0.4, -0.2) is 12.5 Å². The van der Waals surface area contributed by atoms with Crippen molar-refractivity contribution < 1.29 is 42.5 Å². The molecule has 0 aromatic carbocycles. The third-order valence-corrected chi connectivity index (χ3v) is 0.903. The van der Waals surface area contributed by atoms with E-state index in [4.69, 9.17) is 0 Å². The van der Waals surface area contributed by atoms with E-state index in [-0.39, 0.29) is 43.6 Å². The molecule has 1 rings (SSSR count). The molecule has 1 aliphatic heterocycles. The van der Waals surface area contributed by atoms with E-state index in [0.717, 1.165) is 19.4 Å². The van der Waals surface area contributed by atoms with Crippen molar-refractivity contribution in [1.29, 1.82) is 0 Å². The SMILES string of the molecule is O=C1CCCN1.[Ar]. The van der Waals surface area contributed by atoms with Gasteiger partial charge < -0.3 is 5.32 Å². The summed E-state index contributed by atoms with van der Waals surface area (Å²) in [5, 5.41) is 2.68. The van der Waals surface area contributed by atoms with Gasteiger partial charge in [0.2, 0.25) is 5.91 Å². The van der Waals surface area contributed by atoms with Crippen molar-refractivity contribution in [1.82, 2.24) is 5.32 Å². The Morgan fingerprint density at radius 3 is 2.43 bits per heavy atom.